The highest BCUT2D eigenvalue weighted by molar-refractivity contribution is 6.30. The van der Waals surface area contributed by atoms with Gasteiger partial charge in [-0.3, -0.25) is 0 Å². The van der Waals surface area contributed by atoms with E-state index in [1.54, 1.807) is 13.2 Å². The molecule has 3 nitrogen and oxygen atoms in total. The van der Waals surface area contributed by atoms with Crippen LogP contribution in [0.5, 0.6) is 11.5 Å². The van der Waals surface area contributed by atoms with Gasteiger partial charge in [-0.15, -0.1) is 0 Å². The molecule has 124 valence electrons. The Morgan fingerprint density at radius 3 is 2.57 bits per heavy atom. The van der Waals surface area contributed by atoms with Crippen LogP contribution in [-0.4, -0.2) is 13.7 Å². The summed E-state index contributed by atoms with van der Waals surface area (Å²) in [7, 11) is 1.63. The summed E-state index contributed by atoms with van der Waals surface area (Å²) in [4.78, 5) is 0. The van der Waals surface area contributed by atoms with E-state index in [0.29, 0.717) is 23.9 Å². The van der Waals surface area contributed by atoms with Crippen molar-refractivity contribution >= 4 is 11.6 Å². The van der Waals surface area contributed by atoms with E-state index in [9.17, 15) is 0 Å². The van der Waals surface area contributed by atoms with Crippen molar-refractivity contribution in [2.75, 3.05) is 13.7 Å². The van der Waals surface area contributed by atoms with Gasteiger partial charge in [0.05, 0.1) is 13.7 Å². The molecule has 0 amide bonds. The van der Waals surface area contributed by atoms with Gasteiger partial charge in [-0.25, -0.2) is 0 Å². The Bertz CT molecular complexity index is 616. The van der Waals surface area contributed by atoms with Gasteiger partial charge in [0.2, 0.25) is 0 Å². The number of hydrogen-bond donors (Lipinski definition) is 1. The average molecular weight is 334 g/mol. The van der Waals surface area contributed by atoms with E-state index >= 15 is 0 Å². The van der Waals surface area contributed by atoms with Crippen LogP contribution in [0.3, 0.4) is 0 Å². The summed E-state index contributed by atoms with van der Waals surface area (Å²) >= 11 is 6.20. The third-order valence-electron chi connectivity index (χ3n) is 3.67. The Hall–Kier alpha value is -1.71. The molecule has 4 heteroatoms. The van der Waals surface area contributed by atoms with Gasteiger partial charge in [-0.1, -0.05) is 48.9 Å². The molecule has 0 aliphatic carbocycles. The minimum Gasteiger partial charge on any atom is -0.493 e. The number of nitrogens with one attached hydrogen (secondary N) is 1. The van der Waals surface area contributed by atoms with Crippen molar-refractivity contribution in [3.63, 3.8) is 0 Å². The number of benzene rings is 2. The van der Waals surface area contributed by atoms with Gasteiger partial charge in [0.1, 0.15) is 0 Å². The predicted octanol–water partition coefficient (Wildman–Crippen LogP) is 4.99. The maximum absolute atomic E-state index is 6.20. The highest BCUT2D eigenvalue weighted by Crippen LogP contribution is 2.35. The van der Waals surface area contributed by atoms with Crippen LogP contribution >= 0.6 is 11.6 Å². The number of halogens is 1. The van der Waals surface area contributed by atoms with Gasteiger partial charge in [-0.05, 0) is 25.0 Å². The summed E-state index contributed by atoms with van der Waals surface area (Å²) < 4.78 is 11.3. The van der Waals surface area contributed by atoms with Crippen LogP contribution in [0.25, 0.3) is 0 Å². The average Bonchev–Trinajstić information content (AvgIpc) is 2.58. The molecule has 0 unspecified atom stereocenters. The van der Waals surface area contributed by atoms with Gasteiger partial charge in [0, 0.05) is 29.2 Å². The third kappa shape index (κ3) is 4.88. The maximum atomic E-state index is 6.20. The molecule has 0 heterocycles. The van der Waals surface area contributed by atoms with Crippen LogP contribution < -0.4 is 14.8 Å². The molecule has 1 atom stereocenters. The molecule has 0 saturated carbocycles. The van der Waals surface area contributed by atoms with Gasteiger partial charge in [-0.2, -0.15) is 0 Å². The van der Waals surface area contributed by atoms with Crippen LogP contribution in [0.1, 0.15) is 37.4 Å². The maximum Gasteiger partial charge on any atom is 0.165 e. The molecule has 0 fully saturated rings. The summed E-state index contributed by atoms with van der Waals surface area (Å²) in [5.74, 6) is 1.45. The van der Waals surface area contributed by atoms with Crippen LogP contribution in [0.15, 0.2) is 42.5 Å². The van der Waals surface area contributed by atoms with E-state index < -0.39 is 0 Å². The second kappa shape index (κ2) is 8.80. The van der Waals surface area contributed by atoms with E-state index in [-0.39, 0.29) is 6.04 Å². The SMILES string of the molecule is CCCOc1c(CN[C@H](C)c2ccccc2)cc(Cl)cc1OC. The van der Waals surface area contributed by atoms with Crippen LogP contribution in [0.4, 0.5) is 0 Å². The second-order valence-corrected chi connectivity index (χ2v) is 5.89. The molecule has 0 bridgehead atoms. The van der Waals surface area contributed by atoms with Crippen molar-refractivity contribution < 1.29 is 9.47 Å². The fraction of sp³-hybridized carbons (Fsp3) is 0.368. The molecule has 2 aromatic carbocycles. The first-order valence-corrected chi connectivity index (χ1v) is 8.31. The molecule has 23 heavy (non-hydrogen) atoms. The normalized spacial score (nSPS) is 12.0. The lowest BCUT2D eigenvalue weighted by Crippen LogP contribution is -2.18. The van der Waals surface area contributed by atoms with E-state index in [1.807, 2.05) is 24.3 Å². The standard InChI is InChI=1S/C19H24ClNO2/c1-4-10-23-19-16(11-17(20)12-18(19)22-3)13-21-14(2)15-8-6-5-7-9-15/h5-9,11-12,14,21H,4,10,13H2,1-3H3/t14-/m1/s1. The Labute approximate surface area is 143 Å². The van der Waals surface area contributed by atoms with Crippen LogP contribution in [0.2, 0.25) is 5.02 Å². The number of methoxy groups -OCH3 is 1. The van der Waals surface area contributed by atoms with Crippen LogP contribution in [0, 0.1) is 0 Å². The molecular formula is C19H24ClNO2. The lowest BCUT2D eigenvalue weighted by Gasteiger charge is -2.18. The van der Waals surface area contributed by atoms with Crippen molar-refractivity contribution in [3.8, 4) is 11.5 Å². The van der Waals surface area contributed by atoms with Gasteiger partial charge < -0.3 is 14.8 Å². The number of hydrogen-bond acceptors (Lipinski definition) is 3. The lowest BCUT2D eigenvalue weighted by molar-refractivity contribution is 0.290. The largest absolute Gasteiger partial charge is 0.493 e. The van der Waals surface area contributed by atoms with E-state index in [2.05, 4.69) is 31.3 Å². The molecule has 0 aliphatic heterocycles. The van der Waals surface area contributed by atoms with Crippen molar-refractivity contribution in [1.82, 2.24) is 5.32 Å². The van der Waals surface area contributed by atoms with E-state index in [4.69, 9.17) is 21.1 Å². The predicted molar refractivity (Wildman–Crippen MR) is 95.5 cm³/mol. The summed E-state index contributed by atoms with van der Waals surface area (Å²) in [5, 5.41) is 4.16. The van der Waals surface area contributed by atoms with Gasteiger partial charge in [0.15, 0.2) is 11.5 Å². The Morgan fingerprint density at radius 2 is 1.91 bits per heavy atom. The van der Waals surface area contributed by atoms with Gasteiger partial charge in [0.25, 0.3) is 0 Å². The van der Waals surface area contributed by atoms with Crippen molar-refractivity contribution in [3.05, 3.63) is 58.6 Å². The zero-order chi connectivity index (χ0) is 16.7. The van der Waals surface area contributed by atoms with Crippen molar-refractivity contribution in [1.29, 1.82) is 0 Å². The summed E-state index contributed by atoms with van der Waals surface area (Å²) in [5.41, 5.74) is 2.25. The number of rotatable bonds is 8. The molecule has 0 radical (unpaired) electrons. The highest BCUT2D eigenvalue weighted by atomic mass is 35.5. The summed E-state index contributed by atoms with van der Waals surface area (Å²) in [6.45, 7) is 5.53. The zero-order valence-corrected chi connectivity index (χ0v) is 14.7. The smallest absolute Gasteiger partial charge is 0.165 e. The Balaban J connectivity index is 2.16. The van der Waals surface area contributed by atoms with E-state index in [0.717, 1.165) is 17.7 Å². The van der Waals surface area contributed by atoms with Gasteiger partial charge >= 0.3 is 0 Å². The van der Waals surface area contributed by atoms with Crippen molar-refractivity contribution in [2.24, 2.45) is 0 Å². The Kier molecular flexibility index (Phi) is 6.75. The molecule has 0 spiro atoms. The molecule has 1 N–H and O–H groups in total. The fourth-order valence-electron chi connectivity index (χ4n) is 2.40. The number of ether oxygens (including phenoxy) is 2. The second-order valence-electron chi connectivity index (χ2n) is 5.46. The third-order valence-corrected chi connectivity index (χ3v) is 3.88. The fourth-order valence-corrected chi connectivity index (χ4v) is 2.63. The molecule has 2 rings (SSSR count). The topological polar surface area (TPSA) is 30.5 Å². The summed E-state index contributed by atoms with van der Waals surface area (Å²) in [6, 6.07) is 14.3. The lowest BCUT2D eigenvalue weighted by atomic mass is 10.1. The zero-order valence-electron chi connectivity index (χ0n) is 13.9. The summed E-state index contributed by atoms with van der Waals surface area (Å²) in [6.07, 6.45) is 0.944. The first kappa shape index (κ1) is 17.6. The first-order chi connectivity index (χ1) is 11.2. The molecule has 0 aliphatic rings. The quantitative estimate of drug-likeness (QED) is 0.738. The highest BCUT2D eigenvalue weighted by Gasteiger charge is 2.14. The molecular weight excluding hydrogens is 310 g/mol. The minimum absolute atomic E-state index is 0.236. The molecule has 0 aromatic heterocycles. The monoisotopic (exact) mass is 333 g/mol. The minimum atomic E-state index is 0.236. The van der Waals surface area contributed by atoms with Crippen LogP contribution in [-0.2, 0) is 6.54 Å². The van der Waals surface area contributed by atoms with E-state index in [1.165, 1.54) is 5.56 Å². The Morgan fingerprint density at radius 1 is 1.17 bits per heavy atom. The molecule has 2 aromatic rings. The van der Waals surface area contributed by atoms with Crippen molar-refractivity contribution in [2.45, 2.75) is 32.9 Å². The molecule has 0 saturated heterocycles. The first-order valence-electron chi connectivity index (χ1n) is 7.93.